The van der Waals surface area contributed by atoms with Gasteiger partial charge in [-0.05, 0) is 42.5 Å². The van der Waals surface area contributed by atoms with Gasteiger partial charge in [-0.15, -0.1) is 0 Å². The van der Waals surface area contributed by atoms with Gasteiger partial charge in [-0.25, -0.2) is 0 Å². The number of rotatable bonds is 7. The van der Waals surface area contributed by atoms with Crippen LogP contribution in [-0.2, 0) is 23.9 Å². The Balaban J connectivity index is 1.27. The molecular formula is C30H39ClN4O5. The first-order chi connectivity index (χ1) is 19.3. The van der Waals surface area contributed by atoms with Gasteiger partial charge in [0.2, 0.25) is 17.7 Å². The zero-order valence-electron chi connectivity index (χ0n) is 23.2. The Hall–Kier alpha value is -2.46. The van der Waals surface area contributed by atoms with Crippen molar-refractivity contribution in [1.82, 2.24) is 15.1 Å². The summed E-state index contributed by atoms with van der Waals surface area (Å²) >= 11 is 6.01. The van der Waals surface area contributed by atoms with Crippen LogP contribution in [0, 0.1) is 23.7 Å². The smallest absolute Gasteiger partial charge is 0.246 e. The summed E-state index contributed by atoms with van der Waals surface area (Å²) in [5.74, 6) is -1.30. The first-order valence-corrected chi connectivity index (χ1v) is 15.0. The molecule has 1 spiro atoms. The van der Waals surface area contributed by atoms with Gasteiger partial charge in [0.1, 0.15) is 11.6 Å². The molecule has 6 unspecified atom stereocenters. The van der Waals surface area contributed by atoms with Gasteiger partial charge >= 0.3 is 0 Å². The molecule has 5 aliphatic rings. The number of carbonyl (C=O) groups excluding carboxylic acids is 3. The Morgan fingerprint density at radius 1 is 1.07 bits per heavy atom. The quantitative estimate of drug-likeness (QED) is 0.489. The third-order valence-electron chi connectivity index (χ3n) is 9.83. The number of amides is 3. The van der Waals surface area contributed by atoms with Crippen LogP contribution in [0.15, 0.2) is 36.4 Å². The first-order valence-electron chi connectivity index (χ1n) is 14.6. The van der Waals surface area contributed by atoms with Crippen LogP contribution in [0.4, 0.5) is 5.69 Å². The predicted molar refractivity (Wildman–Crippen MR) is 151 cm³/mol. The molecule has 10 heteroatoms. The maximum atomic E-state index is 14.2. The van der Waals surface area contributed by atoms with E-state index in [0.29, 0.717) is 48.8 Å². The first kappa shape index (κ1) is 27.7. The Morgan fingerprint density at radius 3 is 2.58 bits per heavy atom. The molecule has 4 aliphatic heterocycles. The number of halogens is 1. The number of benzene rings is 1. The SMILES string of the molecule is CC1CCCC(NC(=O)C2N(CCN3CCOCC3)C(=O)[C@H]3C(C(=O)Nc4ccc(Cl)cc4)[C@H]4C=CC23O4)C1C. The minimum absolute atomic E-state index is 0.0504. The van der Waals surface area contributed by atoms with Crippen molar-refractivity contribution in [3.63, 3.8) is 0 Å². The predicted octanol–water partition coefficient (Wildman–Crippen LogP) is 2.70. The highest BCUT2D eigenvalue weighted by Gasteiger charge is 2.72. The van der Waals surface area contributed by atoms with Gasteiger partial charge in [-0.1, -0.05) is 50.4 Å². The number of fused-ring (bicyclic) bond motifs is 1. The highest BCUT2D eigenvalue weighted by Crippen LogP contribution is 2.55. The van der Waals surface area contributed by atoms with E-state index in [1.807, 2.05) is 12.2 Å². The molecule has 216 valence electrons. The fraction of sp³-hybridized carbons (Fsp3) is 0.633. The standard InChI is InChI=1S/C30H39ClN4O5/c1-18-4-3-5-22(19(18)2)33-28(37)26-30-11-10-23(40-30)24(27(36)32-21-8-6-20(31)7-9-21)25(30)29(38)35(26)13-12-34-14-16-39-17-15-34/h6-11,18-19,22-26H,3-5,12-17H2,1-2H3,(H,32,36)(H,33,37)/t18?,19?,22?,23-,24?,25-,26?,30?/m1/s1. The summed E-state index contributed by atoms with van der Waals surface area (Å²) in [5, 5.41) is 6.83. The van der Waals surface area contributed by atoms with E-state index in [9.17, 15) is 14.4 Å². The summed E-state index contributed by atoms with van der Waals surface area (Å²) in [6.45, 7) is 8.34. The fourth-order valence-corrected chi connectivity index (χ4v) is 7.51. The zero-order valence-corrected chi connectivity index (χ0v) is 23.9. The van der Waals surface area contributed by atoms with Crippen molar-refractivity contribution < 1.29 is 23.9 Å². The summed E-state index contributed by atoms with van der Waals surface area (Å²) in [6.07, 6.45) is 6.32. The third-order valence-corrected chi connectivity index (χ3v) is 10.1. The van der Waals surface area contributed by atoms with Gasteiger partial charge in [0.05, 0.1) is 31.2 Å². The number of morpholine rings is 1. The van der Waals surface area contributed by atoms with E-state index >= 15 is 0 Å². The van der Waals surface area contributed by atoms with Crippen LogP contribution in [0.25, 0.3) is 0 Å². The van der Waals surface area contributed by atoms with Gasteiger partial charge in [-0.2, -0.15) is 0 Å². The number of nitrogens with zero attached hydrogens (tertiary/aromatic N) is 2. The highest BCUT2D eigenvalue weighted by molar-refractivity contribution is 6.30. The van der Waals surface area contributed by atoms with Crippen LogP contribution in [0.1, 0.15) is 33.1 Å². The van der Waals surface area contributed by atoms with Crippen molar-refractivity contribution >= 4 is 35.0 Å². The van der Waals surface area contributed by atoms with E-state index < -0.39 is 29.6 Å². The molecule has 2 bridgehead atoms. The van der Waals surface area contributed by atoms with Crippen LogP contribution in [-0.4, -0.2) is 90.7 Å². The molecule has 1 aliphatic carbocycles. The van der Waals surface area contributed by atoms with E-state index in [-0.39, 0.29) is 23.8 Å². The Labute approximate surface area is 240 Å². The Kier molecular flexibility index (Phi) is 7.67. The minimum Gasteiger partial charge on any atom is -0.379 e. The monoisotopic (exact) mass is 570 g/mol. The minimum atomic E-state index is -1.16. The summed E-state index contributed by atoms with van der Waals surface area (Å²) in [7, 11) is 0. The van der Waals surface area contributed by atoms with Gasteiger partial charge in [0.25, 0.3) is 0 Å². The van der Waals surface area contributed by atoms with Gasteiger partial charge in [0, 0.05) is 42.9 Å². The molecule has 3 saturated heterocycles. The van der Waals surface area contributed by atoms with Crippen molar-refractivity contribution in [3.8, 4) is 0 Å². The van der Waals surface area contributed by atoms with E-state index in [1.165, 1.54) is 0 Å². The summed E-state index contributed by atoms with van der Waals surface area (Å²) < 4.78 is 12.0. The number of ether oxygens (including phenoxy) is 2. The van der Waals surface area contributed by atoms with Crippen molar-refractivity contribution in [2.75, 3.05) is 44.7 Å². The molecule has 3 amide bonds. The van der Waals surface area contributed by atoms with E-state index in [4.69, 9.17) is 21.1 Å². The average Bonchev–Trinajstić information content (AvgIpc) is 3.59. The van der Waals surface area contributed by atoms with Crippen molar-refractivity contribution in [2.45, 2.75) is 56.9 Å². The van der Waals surface area contributed by atoms with Crippen LogP contribution >= 0.6 is 11.6 Å². The molecule has 8 atom stereocenters. The molecular weight excluding hydrogens is 532 g/mol. The number of hydrogen-bond acceptors (Lipinski definition) is 6. The molecule has 6 rings (SSSR count). The lowest BCUT2D eigenvalue weighted by Crippen LogP contribution is -2.58. The molecule has 0 aromatic heterocycles. The fourth-order valence-electron chi connectivity index (χ4n) is 7.39. The number of nitrogens with one attached hydrogen (secondary N) is 2. The number of hydrogen-bond donors (Lipinski definition) is 2. The molecule has 1 aromatic rings. The van der Waals surface area contributed by atoms with Crippen LogP contribution in [0.2, 0.25) is 5.02 Å². The second-order valence-corrected chi connectivity index (χ2v) is 12.5. The van der Waals surface area contributed by atoms with Crippen LogP contribution < -0.4 is 10.6 Å². The molecule has 40 heavy (non-hydrogen) atoms. The van der Waals surface area contributed by atoms with E-state index in [0.717, 1.165) is 32.4 Å². The largest absolute Gasteiger partial charge is 0.379 e. The number of likely N-dealkylation sites (tertiary alicyclic amines) is 1. The zero-order chi connectivity index (χ0) is 28.0. The highest BCUT2D eigenvalue weighted by atomic mass is 35.5. The second-order valence-electron chi connectivity index (χ2n) is 12.1. The maximum absolute atomic E-state index is 14.2. The molecule has 0 radical (unpaired) electrons. The molecule has 4 heterocycles. The lowest BCUT2D eigenvalue weighted by Gasteiger charge is -2.38. The summed E-state index contributed by atoms with van der Waals surface area (Å²) in [6, 6.07) is 6.09. The number of carbonyl (C=O) groups is 3. The Morgan fingerprint density at radius 2 is 1.82 bits per heavy atom. The van der Waals surface area contributed by atoms with Crippen LogP contribution in [0.3, 0.4) is 0 Å². The lowest BCUT2D eigenvalue weighted by molar-refractivity contribution is -0.142. The lowest BCUT2D eigenvalue weighted by atomic mass is 9.73. The molecule has 9 nitrogen and oxygen atoms in total. The van der Waals surface area contributed by atoms with Crippen LogP contribution in [0.5, 0.6) is 0 Å². The summed E-state index contributed by atoms with van der Waals surface area (Å²) in [5.41, 5.74) is -0.568. The van der Waals surface area contributed by atoms with Gasteiger partial charge in [-0.3, -0.25) is 19.3 Å². The third kappa shape index (κ3) is 4.85. The van der Waals surface area contributed by atoms with E-state index in [1.54, 1.807) is 29.2 Å². The normalized spacial score (nSPS) is 37.0. The molecule has 1 saturated carbocycles. The van der Waals surface area contributed by atoms with E-state index in [2.05, 4.69) is 29.4 Å². The summed E-state index contributed by atoms with van der Waals surface area (Å²) in [4.78, 5) is 45.8. The molecule has 4 fully saturated rings. The van der Waals surface area contributed by atoms with Gasteiger partial charge < -0.3 is 25.0 Å². The molecule has 1 aromatic carbocycles. The average molecular weight is 571 g/mol. The Bertz CT molecular complexity index is 1170. The topological polar surface area (TPSA) is 100 Å². The number of anilines is 1. The van der Waals surface area contributed by atoms with Gasteiger partial charge in [0.15, 0.2) is 0 Å². The van der Waals surface area contributed by atoms with Crippen molar-refractivity contribution in [3.05, 3.63) is 41.4 Å². The van der Waals surface area contributed by atoms with Crippen molar-refractivity contribution in [1.29, 1.82) is 0 Å². The molecule has 2 N–H and O–H groups in total. The second kappa shape index (κ2) is 11.1. The maximum Gasteiger partial charge on any atom is 0.246 e. The van der Waals surface area contributed by atoms with Crippen molar-refractivity contribution in [2.24, 2.45) is 23.7 Å².